The van der Waals surface area contributed by atoms with Gasteiger partial charge in [0.05, 0.1) is 5.69 Å². The SMILES string of the molecule is CC.Cc1nn(CCC(F)(F)C(F)(F)F)c2ncccc12. The zero-order valence-corrected chi connectivity index (χ0v) is 11.9. The first-order chi connectivity index (χ1) is 9.72. The minimum atomic E-state index is -5.54. The molecule has 0 N–H and O–H groups in total. The zero-order valence-electron chi connectivity index (χ0n) is 11.9. The van der Waals surface area contributed by atoms with Crippen molar-refractivity contribution < 1.29 is 22.0 Å². The van der Waals surface area contributed by atoms with Gasteiger partial charge in [-0.3, -0.25) is 0 Å². The average Bonchev–Trinajstić information content (AvgIpc) is 2.75. The second kappa shape index (κ2) is 6.36. The number of aromatic nitrogens is 3. The first kappa shape index (κ1) is 17.3. The molecule has 0 aliphatic rings. The molecule has 0 aliphatic carbocycles. The summed E-state index contributed by atoms with van der Waals surface area (Å²) in [7, 11) is 0. The normalized spacial score (nSPS) is 12.2. The van der Waals surface area contributed by atoms with Crippen LogP contribution in [0.3, 0.4) is 0 Å². The standard InChI is InChI=1S/C11H10F5N3.C2H6/c1-7-8-3-2-5-17-9(8)19(18-7)6-4-10(12,13)11(14,15)16;1-2/h2-3,5H,4,6H2,1H3;1-2H3. The van der Waals surface area contributed by atoms with Gasteiger partial charge in [-0.25, -0.2) is 9.67 Å². The fourth-order valence-electron chi connectivity index (χ4n) is 1.71. The lowest BCUT2D eigenvalue weighted by Crippen LogP contribution is -2.37. The quantitative estimate of drug-likeness (QED) is 0.789. The van der Waals surface area contributed by atoms with E-state index in [4.69, 9.17) is 0 Å². The van der Waals surface area contributed by atoms with Crippen LogP contribution in [0.1, 0.15) is 26.0 Å². The molecule has 0 fully saturated rings. The number of rotatable bonds is 3. The summed E-state index contributed by atoms with van der Waals surface area (Å²) in [5.74, 6) is -4.73. The van der Waals surface area contributed by atoms with Crippen LogP contribution in [0.25, 0.3) is 11.0 Å². The van der Waals surface area contributed by atoms with E-state index in [0.717, 1.165) is 4.68 Å². The lowest BCUT2D eigenvalue weighted by molar-refractivity contribution is -0.285. The van der Waals surface area contributed by atoms with Crippen LogP contribution in [-0.2, 0) is 6.54 Å². The summed E-state index contributed by atoms with van der Waals surface area (Å²) in [5, 5.41) is 4.57. The lowest BCUT2D eigenvalue weighted by atomic mass is 10.2. The van der Waals surface area contributed by atoms with Crippen molar-refractivity contribution in [3.63, 3.8) is 0 Å². The Labute approximate surface area is 118 Å². The Morgan fingerprint density at radius 1 is 1.14 bits per heavy atom. The fraction of sp³-hybridized carbons (Fsp3) is 0.538. The van der Waals surface area contributed by atoms with Crippen molar-refractivity contribution in [1.82, 2.24) is 14.8 Å². The highest BCUT2D eigenvalue weighted by atomic mass is 19.4. The molecule has 2 rings (SSSR count). The summed E-state index contributed by atoms with van der Waals surface area (Å²) < 4.78 is 62.9. The Morgan fingerprint density at radius 3 is 2.33 bits per heavy atom. The van der Waals surface area contributed by atoms with Gasteiger partial charge in [0.2, 0.25) is 0 Å². The molecule has 8 heteroatoms. The summed E-state index contributed by atoms with van der Waals surface area (Å²) in [4.78, 5) is 3.94. The minimum absolute atomic E-state index is 0.304. The molecule has 0 atom stereocenters. The molecular formula is C13H16F5N3. The van der Waals surface area contributed by atoms with Crippen molar-refractivity contribution >= 4 is 11.0 Å². The van der Waals surface area contributed by atoms with Crippen molar-refractivity contribution in [3.8, 4) is 0 Å². The second-order valence-corrected chi connectivity index (χ2v) is 4.14. The maximum absolute atomic E-state index is 12.8. The van der Waals surface area contributed by atoms with Gasteiger partial charge in [0.25, 0.3) is 0 Å². The molecule has 0 saturated carbocycles. The molecule has 0 aliphatic heterocycles. The van der Waals surface area contributed by atoms with E-state index in [1.54, 1.807) is 19.1 Å². The van der Waals surface area contributed by atoms with Crippen LogP contribution in [0.15, 0.2) is 18.3 Å². The smallest absolute Gasteiger partial charge is 0.247 e. The van der Waals surface area contributed by atoms with Crippen molar-refractivity contribution in [1.29, 1.82) is 0 Å². The predicted octanol–water partition coefficient (Wildman–Crippen LogP) is 4.35. The fourth-order valence-corrected chi connectivity index (χ4v) is 1.71. The van der Waals surface area contributed by atoms with Gasteiger partial charge in [-0.2, -0.15) is 27.1 Å². The number of pyridine rings is 1. The van der Waals surface area contributed by atoms with E-state index in [-0.39, 0.29) is 0 Å². The summed E-state index contributed by atoms with van der Waals surface area (Å²) in [5.41, 5.74) is 0.844. The van der Waals surface area contributed by atoms with Crippen LogP contribution in [0, 0.1) is 6.92 Å². The second-order valence-electron chi connectivity index (χ2n) is 4.14. The van der Waals surface area contributed by atoms with Crippen molar-refractivity contribution in [2.45, 2.75) is 45.8 Å². The number of aryl methyl sites for hydroxylation is 2. The Bertz CT molecular complexity index is 589. The van der Waals surface area contributed by atoms with Gasteiger partial charge in [0, 0.05) is 24.5 Å². The predicted molar refractivity (Wildman–Crippen MR) is 69.2 cm³/mol. The summed E-state index contributed by atoms with van der Waals surface area (Å²) in [6, 6.07) is 3.33. The highest BCUT2D eigenvalue weighted by molar-refractivity contribution is 5.77. The Balaban J connectivity index is 0.00000106. The van der Waals surface area contributed by atoms with Crippen molar-refractivity contribution in [2.75, 3.05) is 0 Å². The van der Waals surface area contributed by atoms with Crippen LogP contribution >= 0.6 is 0 Å². The van der Waals surface area contributed by atoms with Gasteiger partial charge >= 0.3 is 12.1 Å². The number of nitrogens with zero attached hydrogens (tertiary/aromatic N) is 3. The van der Waals surface area contributed by atoms with E-state index < -0.39 is 25.1 Å². The summed E-state index contributed by atoms with van der Waals surface area (Å²) in [6.07, 6.45) is -5.47. The molecule has 0 spiro atoms. The van der Waals surface area contributed by atoms with Crippen LogP contribution in [0.4, 0.5) is 22.0 Å². The van der Waals surface area contributed by atoms with Gasteiger partial charge < -0.3 is 0 Å². The van der Waals surface area contributed by atoms with E-state index >= 15 is 0 Å². The molecule has 3 nitrogen and oxygen atoms in total. The third kappa shape index (κ3) is 3.68. The topological polar surface area (TPSA) is 30.7 Å². The molecular weight excluding hydrogens is 293 g/mol. The van der Waals surface area contributed by atoms with Gasteiger partial charge in [-0.15, -0.1) is 0 Å². The maximum Gasteiger partial charge on any atom is 0.453 e. The molecule has 2 heterocycles. The third-order valence-corrected chi connectivity index (χ3v) is 2.74. The van der Waals surface area contributed by atoms with Gasteiger partial charge in [0.15, 0.2) is 5.65 Å². The summed E-state index contributed by atoms with van der Waals surface area (Å²) in [6.45, 7) is 5.09. The average molecular weight is 309 g/mol. The largest absolute Gasteiger partial charge is 0.453 e. The van der Waals surface area contributed by atoms with E-state index in [2.05, 4.69) is 10.1 Å². The van der Waals surface area contributed by atoms with Crippen LogP contribution in [0.5, 0.6) is 0 Å². The van der Waals surface area contributed by atoms with Crippen LogP contribution in [0.2, 0.25) is 0 Å². The third-order valence-electron chi connectivity index (χ3n) is 2.74. The van der Waals surface area contributed by atoms with E-state index in [1.807, 2.05) is 13.8 Å². The molecule has 0 amide bonds. The zero-order chi connectivity index (χ0) is 16.3. The minimum Gasteiger partial charge on any atom is -0.247 e. The highest BCUT2D eigenvalue weighted by Crippen LogP contribution is 2.38. The van der Waals surface area contributed by atoms with Gasteiger partial charge in [-0.1, -0.05) is 13.8 Å². The van der Waals surface area contributed by atoms with Gasteiger partial charge in [-0.05, 0) is 19.1 Å². The molecule has 118 valence electrons. The number of halogens is 5. The Kier molecular flexibility index (Phi) is 5.25. The van der Waals surface area contributed by atoms with Crippen molar-refractivity contribution in [3.05, 3.63) is 24.0 Å². The van der Waals surface area contributed by atoms with E-state index in [0.29, 0.717) is 16.7 Å². The number of fused-ring (bicyclic) bond motifs is 1. The molecule has 0 bridgehead atoms. The number of alkyl halides is 5. The molecule has 2 aromatic rings. The Hall–Kier alpha value is -1.73. The van der Waals surface area contributed by atoms with Crippen molar-refractivity contribution in [2.24, 2.45) is 0 Å². The van der Waals surface area contributed by atoms with Crippen LogP contribution in [-0.4, -0.2) is 26.9 Å². The molecule has 0 unspecified atom stereocenters. The highest BCUT2D eigenvalue weighted by Gasteiger charge is 2.56. The molecule has 0 saturated heterocycles. The van der Waals surface area contributed by atoms with E-state index in [9.17, 15) is 22.0 Å². The number of hydrogen-bond acceptors (Lipinski definition) is 2. The van der Waals surface area contributed by atoms with Gasteiger partial charge in [0.1, 0.15) is 0 Å². The lowest BCUT2D eigenvalue weighted by Gasteiger charge is -2.19. The Morgan fingerprint density at radius 2 is 1.76 bits per heavy atom. The number of hydrogen-bond donors (Lipinski definition) is 0. The first-order valence-corrected chi connectivity index (χ1v) is 6.45. The first-order valence-electron chi connectivity index (χ1n) is 6.45. The molecule has 21 heavy (non-hydrogen) atoms. The monoisotopic (exact) mass is 309 g/mol. The molecule has 2 aromatic heterocycles. The van der Waals surface area contributed by atoms with Crippen LogP contribution < -0.4 is 0 Å². The van der Waals surface area contributed by atoms with E-state index in [1.165, 1.54) is 6.20 Å². The molecule has 0 radical (unpaired) electrons. The molecule has 0 aromatic carbocycles. The summed E-state index contributed by atoms with van der Waals surface area (Å²) >= 11 is 0. The maximum atomic E-state index is 12.8.